The second-order valence-corrected chi connectivity index (χ2v) is 6.12. The van der Waals surface area contributed by atoms with Crippen molar-refractivity contribution in [2.45, 2.75) is 6.61 Å². The van der Waals surface area contributed by atoms with Crippen LogP contribution < -0.4 is 10.1 Å². The van der Waals surface area contributed by atoms with E-state index in [1.165, 1.54) is 0 Å². The normalized spacial score (nSPS) is 10.1. The lowest BCUT2D eigenvalue weighted by atomic mass is 10.1. The maximum absolute atomic E-state index is 12.1. The Morgan fingerprint density at radius 1 is 0.724 bits per heavy atom. The highest BCUT2D eigenvalue weighted by molar-refractivity contribution is 6.05. The third-order valence-corrected chi connectivity index (χ3v) is 3.96. The van der Waals surface area contributed by atoms with Crippen LogP contribution in [0.15, 0.2) is 84.9 Å². The summed E-state index contributed by atoms with van der Waals surface area (Å²) in [5.74, 6) is -1.13. The summed E-state index contributed by atoms with van der Waals surface area (Å²) < 4.78 is 10.6. The number of esters is 1. The molecular weight excluding hydrogens is 370 g/mol. The molecule has 0 aliphatic heterocycles. The lowest BCUT2D eigenvalue weighted by Crippen LogP contribution is -2.34. The predicted octanol–water partition coefficient (Wildman–Crippen LogP) is 3.38. The molecule has 0 heterocycles. The molecule has 0 aliphatic carbocycles. The fraction of sp³-hybridized carbons (Fsp3) is 0.0870. The molecule has 6 heteroatoms. The highest BCUT2D eigenvalue weighted by Gasteiger charge is 2.13. The first-order valence-electron chi connectivity index (χ1n) is 8.95. The first kappa shape index (κ1) is 19.8. The Morgan fingerprint density at radius 3 is 2.00 bits per heavy atom. The fourth-order valence-electron chi connectivity index (χ4n) is 2.46. The SMILES string of the molecule is O=C(COC(=O)c1ccc(COc2ccccc2)cc1)NC(=O)c1ccccc1. The smallest absolute Gasteiger partial charge is 0.338 e. The Hall–Kier alpha value is -3.93. The maximum Gasteiger partial charge on any atom is 0.338 e. The van der Waals surface area contributed by atoms with E-state index in [1.807, 2.05) is 30.3 Å². The van der Waals surface area contributed by atoms with Crippen LogP contribution in [0.5, 0.6) is 5.75 Å². The van der Waals surface area contributed by atoms with Crippen molar-refractivity contribution in [3.05, 3.63) is 102 Å². The van der Waals surface area contributed by atoms with Crippen molar-refractivity contribution in [3.63, 3.8) is 0 Å². The molecule has 3 aromatic carbocycles. The van der Waals surface area contributed by atoms with Gasteiger partial charge in [0.15, 0.2) is 6.61 Å². The van der Waals surface area contributed by atoms with Crippen LogP contribution in [-0.4, -0.2) is 24.4 Å². The van der Waals surface area contributed by atoms with Crippen LogP contribution in [0.2, 0.25) is 0 Å². The van der Waals surface area contributed by atoms with E-state index in [4.69, 9.17) is 9.47 Å². The summed E-state index contributed by atoms with van der Waals surface area (Å²) in [6.07, 6.45) is 0. The van der Waals surface area contributed by atoms with Gasteiger partial charge < -0.3 is 9.47 Å². The van der Waals surface area contributed by atoms with Crippen LogP contribution in [0.25, 0.3) is 0 Å². The molecule has 0 aromatic heterocycles. The summed E-state index contributed by atoms with van der Waals surface area (Å²) in [6.45, 7) is -0.181. The standard InChI is InChI=1S/C23H19NO5/c25-21(24-22(26)18-7-3-1-4-8-18)16-29-23(27)19-13-11-17(12-14-19)15-28-20-9-5-2-6-10-20/h1-14H,15-16H2,(H,24,25,26). The Bertz CT molecular complexity index is 969. The summed E-state index contributed by atoms with van der Waals surface area (Å²) in [5.41, 5.74) is 1.53. The number of benzene rings is 3. The molecule has 2 amide bonds. The van der Waals surface area contributed by atoms with Crippen LogP contribution in [0.3, 0.4) is 0 Å². The lowest BCUT2D eigenvalue weighted by Gasteiger charge is -2.08. The van der Waals surface area contributed by atoms with E-state index in [1.54, 1.807) is 54.6 Å². The number of ether oxygens (including phenoxy) is 2. The maximum atomic E-state index is 12.1. The fourth-order valence-corrected chi connectivity index (χ4v) is 2.46. The number of imide groups is 1. The van der Waals surface area contributed by atoms with Crippen molar-refractivity contribution in [2.75, 3.05) is 6.61 Å². The van der Waals surface area contributed by atoms with Crippen LogP contribution in [0, 0.1) is 0 Å². The summed E-state index contributed by atoms with van der Waals surface area (Å²) in [6, 6.07) is 24.4. The van der Waals surface area contributed by atoms with Gasteiger partial charge in [0, 0.05) is 5.56 Å². The van der Waals surface area contributed by atoms with Crippen molar-refractivity contribution < 1.29 is 23.9 Å². The van der Waals surface area contributed by atoms with Crippen LogP contribution in [0.1, 0.15) is 26.3 Å². The van der Waals surface area contributed by atoms with Gasteiger partial charge in [0.2, 0.25) is 0 Å². The molecule has 0 fully saturated rings. The number of rotatable bonds is 7. The highest BCUT2D eigenvalue weighted by atomic mass is 16.5. The Morgan fingerprint density at radius 2 is 1.34 bits per heavy atom. The van der Waals surface area contributed by atoms with E-state index in [-0.39, 0.29) is 0 Å². The monoisotopic (exact) mass is 389 g/mol. The van der Waals surface area contributed by atoms with E-state index in [0.717, 1.165) is 11.3 Å². The van der Waals surface area contributed by atoms with Gasteiger partial charge in [-0.1, -0.05) is 48.5 Å². The first-order valence-corrected chi connectivity index (χ1v) is 8.95. The van der Waals surface area contributed by atoms with Gasteiger partial charge in [0.25, 0.3) is 11.8 Å². The number of carbonyl (C=O) groups is 3. The molecule has 0 bridgehead atoms. The van der Waals surface area contributed by atoms with Gasteiger partial charge in [0.05, 0.1) is 5.56 Å². The van der Waals surface area contributed by atoms with Gasteiger partial charge in [-0.25, -0.2) is 4.79 Å². The zero-order valence-electron chi connectivity index (χ0n) is 15.5. The van der Waals surface area contributed by atoms with Gasteiger partial charge in [0.1, 0.15) is 12.4 Å². The predicted molar refractivity (Wildman–Crippen MR) is 106 cm³/mol. The lowest BCUT2D eigenvalue weighted by molar-refractivity contribution is -0.123. The molecule has 29 heavy (non-hydrogen) atoms. The number of hydrogen-bond acceptors (Lipinski definition) is 5. The molecule has 0 spiro atoms. The van der Waals surface area contributed by atoms with Crippen molar-refractivity contribution in [3.8, 4) is 5.75 Å². The third-order valence-electron chi connectivity index (χ3n) is 3.96. The van der Waals surface area contributed by atoms with Crippen molar-refractivity contribution in [2.24, 2.45) is 0 Å². The topological polar surface area (TPSA) is 81.7 Å². The Balaban J connectivity index is 1.45. The van der Waals surface area contributed by atoms with Crippen LogP contribution in [-0.2, 0) is 16.1 Å². The second kappa shape index (κ2) is 9.85. The van der Waals surface area contributed by atoms with Gasteiger partial charge in [-0.15, -0.1) is 0 Å². The molecule has 3 rings (SSSR count). The molecule has 0 atom stereocenters. The molecule has 146 valence electrons. The molecule has 0 radical (unpaired) electrons. The van der Waals surface area contributed by atoms with Gasteiger partial charge in [-0.2, -0.15) is 0 Å². The molecule has 6 nitrogen and oxygen atoms in total. The molecule has 0 unspecified atom stereocenters. The number of para-hydroxylation sites is 1. The van der Waals surface area contributed by atoms with Crippen molar-refractivity contribution in [1.29, 1.82) is 0 Å². The number of hydrogen-bond donors (Lipinski definition) is 1. The van der Waals surface area contributed by atoms with Crippen LogP contribution in [0.4, 0.5) is 0 Å². The minimum absolute atomic E-state index is 0.302. The minimum Gasteiger partial charge on any atom is -0.489 e. The highest BCUT2D eigenvalue weighted by Crippen LogP contribution is 2.12. The van der Waals surface area contributed by atoms with Crippen LogP contribution >= 0.6 is 0 Å². The molecule has 0 saturated carbocycles. The zero-order chi connectivity index (χ0) is 20.5. The first-order chi connectivity index (χ1) is 14.1. The number of nitrogens with one attached hydrogen (secondary N) is 1. The van der Waals surface area contributed by atoms with Crippen molar-refractivity contribution >= 4 is 17.8 Å². The minimum atomic E-state index is -0.694. The van der Waals surface area contributed by atoms with E-state index in [2.05, 4.69) is 5.32 Å². The number of amides is 2. The second-order valence-electron chi connectivity index (χ2n) is 6.12. The van der Waals surface area contributed by atoms with Crippen molar-refractivity contribution in [1.82, 2.24) is 5.32 Å². The Labute approximate surface area is 168 Å². The van der Waals surface area contributed by atoms with E-state index in [9.17, 15) is 14.4 Å². The quantitative estimate of drug-likeness (QED) is 0.627. The summed E-state index contributed by atoms with van der Waals surface area (Å²) in [5, 5.41) is 2.17. The number of carbonyl (C=O) groups excluding carboxylic acids is 3. The molecule has 1 N–H and O–H groups in total. The van der Waals surface area contributed by atoms with E-state index >= 15 is 0 Å². The Kier molecular flexibility index (Phi) is 6.73. The van der Waals surface area contributed by atoms with E-state index in [0.29, 0.717) is 17.7 Å². The average molecular weight is 389 g/mol. The molecule has 0 aliphatic rings. The average Bonchev–Trinajstić information content (AvgIpc) is 2.77. The molecular formula is C23H19NO5. The molecule has 0 saturated heterocycles. The largest absolute Gasteiger partial charge is 0.489 e. The van der Waals surface area contributed by atoms with E-state index < -0.39 is 24.4 Å². The third kappa shape index (κ3) is 6.04. The van der Waals surface area contributed by atoms with Gasteiger partial charge in [-0.05, 0) is 42.0 Å². The zero-order valence-corrected chi connectivity index (χ0v) is 15.5. The van der Waals surface area contributed by atoms with Gasteiger partial charge in [-0.3, -0.25) is 14.9 Å². The summed E-state index contributed by atoms with van der Waals surface area (Å²) >= 11 is 0. The summed E-state index contributed by atoms with van der Waals surface area (Å²) in [4.78, 5) is 35.8. The van der Waals surface area contributed by atoms with Gasteiger partial charge >= 0.3 is 5.97 Å². The summed E-state index contributed by atoms with van der Waals surface area (Å²) in [7, 11) is 0. The molecule has 3 aromatic rings.